The van der Waals surface area contributed by atoms with Crippen LogP contribution in [-0.2, 0) is 19.1 Å². The highest BCUT2D eigenvalue weighted by atomic mass is 33.1. The number of ether oxygens (including phenoxy) is 2. The molecule has 0 fully saturated rings. The summed E-state index contributed by atoms with van der Waals surface area (Å²) in [6.45, 7) is 4.53. The Morgan fingerprint density at radius 1 is 0.833 bits per heavy atom. The lowest BCUT2D eigenvalue weighted by atomic mass is 10.3. The maximum Gasteiger partial charge on any atom is 0.305 e. The molecule has 0 N–H and O–H groups in total. The summed E-state index contributed by atoms with van der Waals surface area (Å²) in [4.78, 5) is 22.1. The summed E-state index contributed by atoms with van der Waals surface area (Å²) >= 11 is 0. The number of hydrogen-bond donors (Lipinski definition) is 0. The molecule has 0 saturated carbocycles. The Hall–Kier alpha value is -0.360. The summed E-state index contributed by atoms with van der Waals surface area (Å²) < 4.78 is 9.66. The molecular formula is C12H22O4S2. The van der Waals surface area contributed by atoms with Crippen molar-refractivity contribution in [2.45, 2.75) is 39.5 Å². The Bertz CT molecular complexity index is 210. The third-order valence-electron chi connectivity index (χ3n) is 1.91. The van der Waals surface area contributed by atoms with E-state index in [4.69, 9.17) is 9.47 Å². The van der Waals surface area contributed by atoms with Crippen LogP contribution in [0.25, 0.3) is 0 Å². The van der Waals surface area contributed by atoms with Crippen LogP contribution in [0.3, 0.4) is 0 Å². The number of hydrogen-bond acceptors (Lipinski definition) is 6. The van der Waals surface area contributed by atoms with E-state index < -0.39 is 0 Å². The third-order valence-corrected chi connectivity index (χ3v) is 4.49. The van der Waals surface area contributed by atoms with Crippen molar-refractivity contribution in [2.75, 3.05) is 24.7 Å². The predicted octanol–water partition coefficient (Wildman–Crippen LogP) is 3.05. The van der Waals surface area contributed by atoms with Gasteiger partial charge in [-0.15, -0.1) is 0 Å². The van der Waals surface area contributed by atoms with Crippen LogP contribution < -0.4 is 0 Å². The van der Waals surface area contributed by atoms with Crippen molar-refractivity contribution < 1.29 is 19.1 Å². The molecular weight excluding hydrogens is 272 g/mol. The van der Waals surface area contributed by atoms with Gasteiger partial charge in [-0.3, -0.25) is 9.59 Å². The Morgan fingerprint density at radius 2 is 1.22 bits per heavy atom. The van der Waals surface area contributed by atoms with Crippen LogP contribution in [0.2, 0.25) is 0 Å². The van der Waals surface area contributed by atoms with Gasteiger partial charge in [0.05, 0.1) is 13.2 Å². The van der Waals surface area contributed by atoms with Crippen LogP contribution in [0.5, 0.6) is 0 Å². The fourth-order valence-corrected chi connectivity index (χ4v) is 3.31. The van der Waals surface area contributed by atoms with E-state index in [1.54, 1.807) is 21.6 Å². The van der Waals surface area contributed by atoms with Crippen LogP contribution in [0.1, 0.15) is 39.5 Å². The average Bonchev–Trinajstić information content (AvgIpc) is 2.33. The topological polar surface area (TPSA) is 52.6 Å². The zero-order chi connectivity index (χ0) is 13.6. The van der Waals surface area contributed by atoms with Gasteiger partial charge in [-0.2, -0.15) is 0 Å². The lowest BCUT2D eigenvalue weighted by Crippen LogP contribution is -2.04. The lowest BCUT2D eigenvalue weighted by Gasteiger charge is -2.02. The second-order valence-corrected chi connectivity index (χ2v) is 6.16. The van der Waals surface area contributed by atoms with Gasteiger partial charge in [0.2, 0.25) is 0 Å². The van der Waals surface area contributed by atoms with Gasteiger partial charge in [0.1, 0.15) is 0 Å². The van der Waals surface area contributed by atoms with Gasteiger partial charge in [-0.1, -0.05) is 21.6 Å². The Morgan fingerprint density at radius 3 is 1.56 bits per heavy atom. The maximum absolute atomic E-state index is 11.0. The molecule has 0 aliphatic rings. The molecule has 6 heteroatoms. The standard InChI is InChI=1S/C12H22O4S2/c1-3-15-11(13)7-5-9-17-18-10-6-8-12(14)16-4-2/h3-10H2,1-2H3. The predicted molar refractivity (Wildman–Crippen MR) is 76.7 cm³/mol. The van der Waals surface area contributed by atoms with E-state index in [9.17, 15) is 9.59 Å². The van der Waals surface area contributed by atoms with E-state index in [1.807, 2.05) is 13.8 Å². The first-order valence-electron chi connectivity index (χ1n) is 6.26. The molecule has 0 saturated heterocycles. The summed E-state index contributed by atoms with van der Waals surface area (Å²) in [7, 11) is 3.47. The summed E-state index contributed by atoms with van der Waals surface area (Å²) in [5.41, 5.74) is 0. The Balaban J connectivity index is 3.16. The number of esters is 2. The minimum Gasteiger partial charge on any atom is -0.466 e. The highest BCUT2D eigenvalue weighted by molar-refractivity contribution is 8.76. The molecule has 0 rings (SSSR count). The van der Waals surface area contributed by atoms with Gasteiger partial charge >= 0.3 is 11.9 Å². The largest absolute Gasteiger partial charge is 0.466 e. The molecule has 4 nitrogen and oxygen atoms in total. The third kappa shape index (κ3) is 12.1. The fraction of sp³-hybridized carbons (Fsp3) is 0.833. The molecule has 106 valence electrons. The lowest BCUT2D eigenvalue weighted by molar-refractivity contribution is -0.144. The van der Waals surface area contributed by atoms with E-state index in [0.29, 0.717) is 26.1 Å². The minimum absolute atomic E-state index is 0.120. The van der Waals surface area contributed by atoms with Gasteiger partial charge in [0.25, 0.3) is 0 Å². The SMILES string of the molecule is CCOC(=O)CCCSSCCCC(=O)OCC. The fourth-order valence-electron chi connectivity index (χ4n) is 1.14. The number of carbonyl (C=O) groups excluding carboxylic acids is 2. The van der Waals surface area contributed by atoms with Crippen molar-refractivity contribution in [3.63, 3.8) is 0 Å². The maximum atomic E-state index is 11.0. The molecule has 0 amide bonds. The van der Waals surface area contributed by atoms with Crippen LogP contribution in [-0.4, -0.2) is 36.7 Å². The second-order valence-electron chi connectivity index (χ2n) is 3.46. The van der Waals surface area contributed by atoms with Crippen LogP contribution >= 0.6 is 21.6 Å². The van der Waals surface area contributed by atoms with Crippen molar-refractivity contribution in [1.82, 2.24) is 0 Å². The molecule has 18 heavy (non-hydrogen) atoms. The van der Waals surface area contributed by atoms with Gasteiger partial charge in [-0.25, -0.2) is 0 Å². The first-order chi connectivity index (χ1) is 8.70. The number of rotatable bonds is 11. The molecule has 0 heterocycles. The first kappa shape index (κ1) is 17.6. The molecule has 0 unspecified atom stereocenters. The molecule has 0 spiro atoms. The minimum atomic E-state index is -0.120. The van der Waals surface area contributed by atoms with Gasteiger partial charge in [0.15, 0.2) is 0 Å². The van der Waals surface area contributed by atoms with Crippen LogP contribution in [0.4, 0.5) is 0 Å². The number of carbonyl (C=O) groups is 2. The van der Waals surface area contributed by atoms with E-state index in [-0.39, 0.29) is 11.9 Å². The Labute approximate surface area is 117 Å². The molecule has 0 aromatic heterocycles. The van der Waals surface area contributed by atoms with Gasteiger partial charge < -0.3 is 9.47 Å². The zero-order valence-corrected chi connectivity index (χ0v) is 12.7. The van der Waals surface area contributed by atoms with E-state index in [2.05, 4.69) is 0 Å². The molecule has 0 aliphatic carbocycles. The van der Waals surface area contributed by atoms with Crippen molar-refractivity contribution in [2.24, 2.45) is 0 Å². The van der Waals surface area contributed by atoms with Crippen molar-refractivity contribution in [1.29, 1.82) is 0 Å². The molecule has 0 aromatic rings. The quantitative estimate of drug-likeness (QED) is 0.332. The zero-order valence-electron chi connectivity index (χ0n) is 11.1. The van der Waals surface area contributed by atoms with E-state index >= 15 is 0 Å². The van der Waals surface area contributed by atoms with Crippen molar-refractivity contribution in [3.05, 3.63) is 0 Å². The van der Waals surface area contributed by atoms with Crippen LogP contribution in [0, 0.1) is 0 Å². The summed E-state index contributed by atoms with van der Waals surface area (Å²) in [6.07, 6.45) is 2.66. The molecule has 0 aromatic carbocycles. The average molecular weight is 294 g/mol. The summed E-state index contributed by atoms with van der Waals surface area (Å²) in [5.74, 6) is 1.63. The van der Waals surface area contributed by atoms with E-state index in [1.165, 1.54) is 0 Å². The summed E-state index contributed by atoms with van der Waals surface area (Å²) in [5, 5.41) is 0. The smallest absolute Gasteiger partial charge is 0.305 e. The molecule has 0 atom stereocenters. The van der Waals surface area contributed by atoms with Crippen molar-refractivity contribution in [3.8, 4) is 0 Å². The monoisotopic (exact) mass is 294 g/mol. The van der Waals surface area contributed by atoms with Crippen LogP contribution in [0.15, 0.2) is 0 Å². The van der Waals surface area contributed by atoms with Crippen molar-refractivity contribution >= 4 is 33.5 Å². The molecule has 0 radical (unpaired) electrons. The second kappa shape index (κ2) is 13.1. The highest BCUT2D eigenvalue weighted by Gasteiger charge is 2.02. The first-order valence-corrected chi connectivity index (χ1v) is 8.75. The highest BCUT2D eigenvalue weighted by Crippen LogP contribution is 2.23. The Kier molecular flexibility index (Phi) is 12.8. The molecule has 0 bridgehead atoms. The normalized spacial score (nSPS) is 10.1. The summed E-state index contributed by atoms with van der Waals surface area (Å²) in [6, 6.07) is 0. The van der Waals surface area contributed by atoms with E-state index in [0.717, 1.165) is 24.3 Å². The van der Waals surface area contributed by atoms with Gasteiger partial charge in [0, 0.05) is 24.3 Å². The molecule has 0 aliphatic heterocycles. The van der Waals surface area contributed by atoms with Gasteiger partial charge in [-0.05, 0) is 26.7 Å².